The quantitative estimate of drug-likeness (QED) is 0.446. The normalized spacial score (nSPS) is 38.6. The minimum absolute atomic E-state index is 0.403. The maximum absolute atomic E-state index is 5.08. The van der Waals surface area contributed by atoms with Gasteiger partial charge in [-0.25, -0.2) is 0 Å². The lowest BCUT2D eigenvalue weighted by atomic mass is 10.1. The molecule has 0 fully saturated rings. The predicted octanol–water partition coefficient (Wildman–Crippen LogP) is 1.55. The molecule has 0 aromatic carbocycles. The average molecular weight is 98.1 g/mol. The molecular weight excluding hydrogens is 88.1 g/mol. The molecule has 0 aromatic heterocycles. The first-order valence-electron chi connectivity index (χ1n) is 2.63. The van der Waals surface area contributed by atoms with Gasteiger partial charge >= 0.3 is 0 Å². The van der Waals surface area contributed by atoms with Crippen LogP contribution in [0, 0.1) is 5.92 Å². The Morgan fingerprint density at radius 1 is 1.43 bits per heavy atom. The molecule has 1 aliphatic heterocycles. The Balaban J connectivity index is 2.45. The van der Waals surface area contributed by atoms with Gasteiger partial charge in [0.05, 0.1) is 6.26 Å². The third-order valence-electron chi connectivity index (χ3n) is 1.42. The molecule has 0 bridgehead atoms. The molecule has 0 unspecified atom stereocenters. The first-order valence-corrected chi connectivity index (χ1v) is 2.63. The lowest BCUT2D eigenvalue weighted by Gasteiger charge is -2.05. The zero-order chi connectivity index (χ0) is 5.28. The molecule has 0 N–H and O–H groups in total. The number of ether oxygens (including phenoxy) is 1. The van der Waals surface area contributed by atoms with E-state index >= 15 is 0 Å². The molecule has 0 radical (unpaired) electrons. The molecule has 0 aliphatic carbocycles. The Hall–Kier alpha value is -0.460. The fraction of sp³-hybridized carbons (Fsp3) is 0.667. The number of hydrogen-bond acceptors (Lipinski definition) is 1. The van der Waals surface area contributed by atoms with Gasteiger partial charge in [0.25, 0.3) is 0 Å². The number of rotatable bonds is 0. The highest BCUT2D eigenvalue weighted by Gasteiger charge is 2.12. The van der Waals surface area contributed by atoms with E-state index < -0.39 is 0 Å². The summed E-state index contributed by atoms with van der Waals surface area (Å²) in [5, 5.41) is 0. The summed E-state index contributed by atoms with van der Waals surface area (Å²) in [4.78, 5) is 0. The summed E-state index contributed by atoms with van der Waals surface area (Å²) in [5.74, 6) is 0.611. The van der Waals surface area contributed by atoms with E-state index in [2.05, 4.69) is 19.9 Å². The van der Waals surface area contributed by atoms with Gasteiger partial charge in [-0.1, -0.05) is 6.92 Å². The highest BCUT2D eigenvalue weighted by molar-refractivity contribution is 4.90. The van der Waals surface area contributed by atoms with Crippen molar-refractivity contribution in [2.45, 2.75) is 20.0 Å². The first-order chi connectivity index (χ1) is 3.30. The van der Waals surface area contributed by atoms with Crippen LogP contribution in [0.1, 0.15) is 13.8 Å². The van der Waals surface area contributed by atoms with Crippen molar-refractivity contribution in [3.05, 3.63) is 12.3 Å². The van der Waals surface area contributed by atoms with E-state index in [1.807, 2.05) is 0 Å². The number of hydrogen-bond donors (Lipinski definition) is 0. The van der Waals surface area contributed by atoms with E-state index in [0.717, 1.165) is 0 Å². The molecular formula is C6H10O. The average Bonchev–Trinajstić information content (AvgIpc) is 1.91. The van der Waals surface area contributed by atoms with Crippen LogP contribution in [0.2, 0.25) is 0 Å². The van der Waals surface area contributed by atoms with Crippen molar-refractivity contribution in [3.8, 4) is 0 Å². The fourth-order valence-corrected chi connectivity index (χ4v) is 0.574. The lowest BCUT2D eigenvalue weighted by molar-refractivity contribution is 0.159. The van der Waals surface area contributed by atoms with Gasteiger partial charge in [-0.3, -0.25) is 0 Å². The summed E-state index contributed by atoms with van der Waals surface area (Å²) in [7, 11) is 0. The minimum Gasteiger partial charge on any atom is -0.498 e. The van der Waals surface area contributed by atoms with E-state index in [0.29, 0.717) is 12.0 Å². The van der Waals surface area contributed by atoms with Crippen LogP contribution in [0.15, 0.2) is 12.3 Å². The Kier molecular flexibility index (Phi) is 1.05. The molecule has 0 aromatic rings. The Labute approximate surface area is 44.0 Å². The van der Waals surface area contributed by atoms with Crippen molar-refractivity contribution in [1.82, 2.24) is 0 Å². The summed E-state index contributed by atoms with van der Waals surface area (Å²) in [6.07, 6.45) is 4.25. The highest BCUT2D eigenvalue weighted by Crippen LogP contribution is 2.14. The molecule has 0 spiro atoms. The molecule has 40 valence electrons. The van der Waals surface area contributed by atoms with Crippen LogP contribution in [0.4, 0.5) is 0 Å². The van der Waals surface area contributed by atoms with Crippen LogP contribution < -0.4 is 0 Å². The van der Waals surface area contributed by atoms with Crippen LogP contribution in [-0.4, -0.2) is 6.10 Å². The van der Waals surface area contributed by atoms with Gasteiger partial charge < -0.3 is 4.74 Å². The molecule has 2 atom stereocenters. The topological polar surface area (TPSA) is 9.23 Å². The molecule has 0 amide bonds. The summed E-state index contributed by atoms with van der Waals surface area (Å²) in [6, 6.07) is 0. The summed E-state index contributed by atoms with van der Waals surface area (Å²) >= 11 is 0. The third-order valence-corrected chi connectivity index (χ3v) is 1.42. The van der Waals surface area contributed by atoms with Crippen molar-refractivity contribution in [1.29, 1.82) is 0 Å². The second-order valence-electron chi connectivity index (χ2n) is 2.03. The molecule has 1 aliphatic rings. The SMILES string of the molecule is C[C@@H]1C=CO[C@H]1C. The van der Waals surface area contributed by atoms with Gasteiger partial charge in [0, 0.05) is 5.92 Å². The van der Waals surface area contributed by atoms with Gasteiger partial charge in [-0.05, 0) is 13.0 Å². The predicted molar refractivity (Wildman–Crippen MR) is 28.9 cm³/mol. The third kappa shape index (κ3) is 0.763. The molecule has 1 rings (SSSR count). The second kappa shape index (κ2) is 1.57. The van der Waals surface area contributed by atoms with Crippen LogP contribution in [0.5, 0.6) is 0 Å². The van der Waals surface area contributed by atoms with Gasteiger partial charge in [0.2, 0.25) is 0 Å². The van der Waals surface area contributed by atoms with Crippen molar-refractivity contribution in [2.24, 2.45) is 5.92 Å². The van der Waals surface area contributed by atoms with E-state index in [9.17, 15) is 0 Å². The summed E-state index contributed by atoms with van der Waals surface area (Å²) in [5.41, 5.74) is 0. The van der Waals surface area contributed by atoms with Crippen LogP contribution in [0.25, 0.3) is 0 Å². The highest BCUT2D eigenvalue weighted by atomic mass is 16.5. The molecule has 1 heterocycles. The maximum atomic E-state index is 5.08. The van der Waals surface area contributed by atoms with Crippen molar-refractivity contribution in [2.75, 3.05) is 0 Å². The van der Waals surface area contributed by atoms with Crippen molar-refractivity contribution in [3.63, 3.8) is 0 Å². The Morgan fingerprint density at radius 3 is 2.29 bits per heavy atom. The van der Waals surface area contributed by atoms with E-state index in [-0.39, 0.29) is 0 Å². The van der Waals surface area contributed by atoms with E-state index in [1.54, 1.807) is 6.26 Å². The lowest BCUT2D eigenvalue weighted by Crippen LogP contribution is -2.06. The molecule has 1 nitrogen and oxygen atoms in total. The van der Waals surface area contributed by atoms with E-state index in [4.69, 9.17) is 4.74 Å². The largest absolute Gasteiger partial charge is 0.498 e. The zero-order valence-corrected chi connectivity index (χ0v) is 4.72. The van der Waals surface area contributed by atoms with Gasteiger partial charge in [0.15, 0.2) is 0 Å². The first kappa shape index (κ1) is 4.69. The van der Waals surface area contributed by atoms with Gasteiger partial charge in [-0.2, -0.15) is 0 Å². The zero-order valence-electron chi connectivity index (χ0n) is 4.72. The molecule has 1 heteroatoms. The standard InChI is InChI=1S/C6H10O/c1-5-3-4-7-6(5)2/h3-6H,1-2H3/t5-,6+/m1/s1. The molecule has 0 saturated heterocycles. The minimum atomic E-state index is 0.403. The molecule has 7 heavy (non-hydrogen) atoms. The Bertz CT molecular complexity index is 86.2. The monoisotopic (exact) mass is 98.1 g/mol. The maximum Gasteiger partial charge on any atom is 0.101 e. The smallest absolute Gasteiger partial charge is 0.101 e. The Morgan fingerprint density at radius 2 is 2.14 bits per heavy atom. The van der Waals surface area contributed by atoms with Gasteiger partial charge in [-0.15, -0.1) is 0 Å². The summed E-state index contributed by atoms with van der Waals surface area (Å²) in [6.45, 7) is 4.22. The van der Waals surface area contributed by atoms with Crippen LogP contribution >= 0.6 is 0 Å². The van der Waals surface area contributed by atoms with E-state index in [1.165, 1.54) is 0 Å². The van der Waals surface area contributed by atoms with Crippen molar-refractivity contribution >= 4 is 0 Å². The molecule has 0 saturated carbocycles. The fourth-order valence-electron chi connectivity index (χ4n) is 0.574. The van der Waals surface area contributed by atoms with Crippen molar-refractivity contribution < 1.29 is 4.74 Å². The summed E-state index contributed by atoms with van der Waals surface area (Å²) < 4.78 is 5.08. The second-order valence-corrected chi connectivity index (χ2v) is 2.03. The van der Waals surface area contributed by atoms with Crippen LogP contribution in [-0.2, 0) is 4.74 Å². The van der Waals surface area contributed by atoms with Gasteiger partial charge in [0.1, 0.15) is 6.10 Å². The van der Waals surface area contributed by atoms with Crippen LogP contribution in [0.3, 0.4) is 0 Å².